The highest BCUT2D eigenvalue weighted by atomic mass is 16.6. The second kappa shape index (κ2) is 10.1. The number of aromatic nitrogens is 2. The van der Waals surface area contributed by atoms with Crippen molar-refractivity contribution in [1.29, 1.82) is 0 Å². The number of ether oxygens (including phenoxy) is 4. The van der Waals surface area contributed by atoms with Gasteiger partial charge in [0.25, 0.3) is 0 Å². The van der Waals surface area contributed by atoms with Crippen LogP contribution in [-0.4, -0.2) is 66.7 Å². The molecule has 1 amide bonds. The standard InChI is InChI=1S/C25H24N4O6/c1-32-23(30)16-9-5-6-10-18(16)29-25(31)35-20-14-34-21-19(13-33-22(20)21)28-24-26-12-11-17(27-24)15-7-3-2-4-8-15/h2-12,19-22H,13-14H2,1H3,(H,29,31)(H,26,27,28)/t19-,20-,21-,22+/m0/s1. The lowest BCUT2D eigenvalue weighted by Gasteiger charge is -2.18. The summed E-state index contributed by atoms with van der Waals surface area (Å²) in [5.41, 5.74) is 2.31. The number of carbonyl (C=O) groups excluding carboxylic acids is 2. The van der Waals surface area contributed by atoms with Gasteiger partial charge in [0.15, 0.2) is 6.10 Å². The number of amides is 1. The molecule has 2 saturated heterocycles. The largest absolute Gasteiger partial charge is 0.465 e. The number of para-hydroxylation sites is 1. The Kier molecular flexibility index (Phi) is 6.55. The maximum absolute atomic E-state index is 12.5. The van der Waals surface area contributed by atoms with Crippen LogP contribution in [0.2, 0.25) is 0 Å². The topological polar surface area (TPSA) is 121 Å². The number of hydrogen-bond donors (Lipinski definition) is 2. The molecular formula is C25H24N4O6. The second-order valence-electron chi connectivity index (χ2n) is 8.08. The van der Waals surface area contributed by atoms with Gasteiger partial charge in [-0.1, -0.05) is 42.5 Å². The van der Waals surface area contributed by atoms with Gasteiger partial charge in [0.1, 0.15) is 12.2 Å². The fourth-order valence-corrected chi connectivity index (χ4v) is 4.21. The van der Waals surface area contributed by atoms with Gasteiger partial charge in [-0.15, -0.1) is 0 Å². The molecule has 180 valence electrons. The van der Waals surface area contributed by atoms with E-state index in [-0.39, 0.29) is 24.3 Å². The van der Waals surface area contributed by atoms with Gasteiger partial charge in [-0.05, 0) is 18.2 Å². The molecule has 35 heavy (non-hydrogen) atoms. The van der Waals surface area contributed by atoms with E-state index < -0.39 is 24.3 Å². The minimum Gasteiger partial charge on any atom is -0.465 e. The first-order chi connectivity index (χ1) is 17.1. The lowest BCUT2D eigenvalue weighted by Crippen LogP contribution is -2.38. The Morgan fingerprint density at radius 1 is 0.971 bits per heavy atom. The van der Waals surface area contributed by atoms with Crippen molar-refractivity contribution in [1.82, 2.24) is 9.97 Å². The van der Waals surface area contributed by atoms with Crippen LogP contribution in [0.5, 0.6) is 0 Å². The molecule has 2 aliphatic rings. The number of hydrogen-bond acceptors (Lipinski definition) is 9. The first kappa shape index (κ1) is 22.8. The summed E-state index contributed by atoms with van der Waals surface area (Å²) in [7, 11) is 1.28. The average molecular weight is 476 g/mol. The Hall–Kier alpha value is -4.02. The van der Waals surface area contributed by atoms with E-state index in [1.807, 2.05) is 36.4 Å². The number of nitrogens with zero attached hydrogens (tertiary/aromatic N) is 2. The third-order valence-corrected chi connectivity index (χ3v) is 5.88. The molecule has 2 aromatic carbocycles. The molecule has 5 rings (SSSR count). The van der Waals surface area contributed by atoms with E-state index in [1.54, 1.807) is 30.5 Å². The molecular weight excluding hydrogens is 452 g/mol. The molecule has 0 saturated carbocycles. The van der Waals surface area contributed by atoms with Crippen molar-refractivity contribution in [2.45, 2.75) is 24.4 Å². The molecule has 0 spiro atoms. The molecule has 3 heterocycles. The van der Waals surface area contributed by atoms with Crippen molar-refractivity contribution >= 4 is 23.7 Å². The van der Waals surface area contributed by atoms with E-state index in [4.69, 9.17) is 18.9 Å². The van der Waals surface area contributed by atoms with Crippen LogP contribution in [-0.2, 0) is 18.9 Å². The Bertz CT molecular complexity index is 1210. The smallest absolute Gasteiger partial charge is 0.412 e. The van der Waals surface area contributed by atoms with Gasteiger partial charge < -0.3 is 24.3 Å². The Morgan fingerprint density at radius 3 is 2.57 bits per heavy atom. The average Bonchev–Trinajstić information content (AvgIpc) is 3.48. The Morgan fingerprint density at radius 2 is 1.74 bits per heavy atom. The molecule has 2 aliphatic heterocycles. The van der Waals surface area contributed by atoms with Crippen molar-refractivity contribution in [2.75, 3.05) is 31.0 Å². The summed E-state index contributed by atoms with van der Waals surface area (Å²) >= 11 is 0. The Balaban J connectivity index is 1.20. The highest BCUT2D eigenvalue weighted by Gasteiger charge is 2.49. The van der Waals surface area contributed by atoms with Crippen molar-refractivity contribution in [3.05, 3.63) is 72.4 Å². The van der Waals surface area contributed by atoms with Crippen LogP contribution in [0.1, 0.15) is 10.4 Å². The van der Waals surface area contributed by atoms with Gasteiger partial charge in [-0.25, -0.2) is 19.6 Å². The van der Waals surface area contributed by atoms with Gasteiger partial charge in [0.2, 0.25) is 5.95 Å². The van der Waals surface area contributed by atoms with Crippen LogP contribution in [0.15, 0.2) is 66.9 Å². The molecule has 2 N–H and O–H groups in total. The third-order valence-electron chi connectivity index (χ3n) is 5.88. The molecule has 0 bridgehead atoms. The first-order valence-electron chi connectivity index (χ1n) is 11.2. The van der Waals surface area contributed by atoms with Gasteiger partial charge in [0, 0.05) is 11.8 Å². The monoisotopic (exact) mass is 476 g/mol. The van der Waals surface area contributed by atoms with Gasteiger partial charge in [0.05, 0.1) is 43.3 Å². The van der Waals surface area contributed by atoms with Crippen LogP contribution >= 0.6 is 0 Å². The minimum absolute atomic E-state index is 0.185. The highest BCUT2D eigenvalue weighted by Crippen LogP contribution is 2.31. The summed E-state index contributed by atoms with van der Waals surface area (Å²) in [6.07, 6.45) is -0.392. The van der Waals surface area contributed by atoms with Crippen molar-refractivity contribution < 1.29 is 28.5 Å². The number of fused-ring (bicyclic) bond motifs is 1. The summed E-state index contributed by atoms with van der Waals surface area (Å²) in [5, 5.41) is 5.88. The van der Waals surface area contributed by atoms with Crippen LogP contribution in [0.25, 0.3) is 11.3 Å². The predicted molar refractivity (Wildman–Crippen MR) is 126 cm³/mol. The quantitative estimate of drug-likeness (QED) is 0.517. The highest BCUT2D eigenvalue weighted by molar-refractivity contribution is 5.99. The van der Waals surface area contributed by atoms with Crippen LogP contribution < -0.4 is 10.6 Å². The van der Waals surface area contributed by atoms with Crippen LogP contribution in [0.4, 0.5) is 16.4 Å². The lowest BCUT2D eigenvalue weighted by atomic mass is 10.1. The third kappa shape index (κ3) is 4.93. The zero-order valence-corrected chi connectivity index (χ0v) is 18.9. The molecule has 0 radical (unpaired) electrons. The van der Waals surface area contributed by atoms with Crippen LogP contribution in [0.3, 0.4) is 0 Å². The van der Waals surface area contributed by atoms with Crippen molar-refractivity contribution in [3.63, 3.8) is 0 Å². The lowest BCUT2D eigenvalue weighted by molar-refractivity contribution is 0.00916. The number of carbonyl (C=O) groups is 2. The molecule has 10 nitrogen and oxygen atoms in total. The van der Waals surface area contributed by atoms with E-state index in [9.17, 15) is 9.59 Å². The summed E-state index contributed by atoms with van der Waals surface area (Å²) in [6.45, 7) is 0.533. The van der Waals surface area contributed by atoms with E-state index >= 15 is 0 Å². The summed E-state index contributed by atoms with van der Waals surface area (Å²) in [6, 6.07) is 18.0. The minimum atomic E-state index is -0.713. The SMILES string of the molecule is COC(=O)c1ccccc1NC(=O)O[C@H]1CO[C@@H]2[C@@H]1OC[C@@H]2Nc1nccc(-c2ccccc2)n1. The Labute approximate surface area is 201 Å². The molecule has 4 atom stereocenters. The van der Waals surface area contributed by atoms with Gasteiger partial charge in [-0.2, -0.15) is 0 Å². The molecule has 0 aliphatic carbocycles. The number of methoxy groups -OCH3 is 1. The van der Waals surface area contributed by atoms with Crippen LogP contribution in [0, 0.1) is 0 Å². The number of esters is 1. The number of rotatable bonds is 6. The number of nitrogens with one attached hydrogen (secondary N) is 2. The van der Waals surface area contributed by atoms with Crippen molar-refractivity contribution in [2.24, 2.45) is 0 Å². The molecule has 10 heteroatoms. The fourth-order valence-electron chi connectivity index (χ4n) is 4.21. The van der Waals surface area contributed by atoms with E-state index in [2.05, 4.69) is 20.6 Å². The zero-order valence-electron chi connectivity index (χ0n) is 18.9. The fraction of sp³-hybridized carbons (Fsp3) is 0.280. The molecule has 1 aromatic heterocycles. The first-order valence-corrected chi connectivity index (χ1v) is 11.2. The normalized spacial score (nSPS) is 22.8. The maximum Gasteiger partial charge on any atom is 0.412 e. The van der Waals surface area contributed by atoms with E-state index in [0.29, 0.717) is 18.2 Å². The van der Waals surface area contributed by atoms with E-state index in [1.165, 1.54) is 7.11 Å². The second-order valence-corrected chi connectivity index (χ2v) is 8.08. The number of benzene rings is 2. The van der Waals surface area contributed by atoms with E-state index in [0.717, 1.165) is 11.3 Å². The molecule has 3 aromatic rings. The summed E-state index contributed by atoms with van der Waals surface area (Å²) in [4.78, 5) is 33.4. The zero-order chi connectivity index (χ0) is 24.2. The summed E-state index contributed by atoms with van der Waals surface area (Å²) in [5.74, 6) is -0.0949. The maximum atomic E-state index is 12.5. The number of anilines is 2. The van der Waals surface area contributed by atoms with Crippen molar-refractivity contribution in [3.8, 4) is 11.3 Å². The molecule has 2 fully saturated rings. The molecule has 0 unspecified atom stereocenters. The predicted octanol–water partition coefficient (Wildman–Crippen LogP) is 3.13. The van der Waals surface area contributed by atoms with Gasteiger partial charge in [-0.3, -0.25) is 5.32 Å². The van der Waals surface area contributed by atoms with Gasteiger partial charge >= 0.3 is 12.1 Å². The summed E-state index contributed by atoms with van der Waals surface area (Å²) < 4.78 is 22.1.